The second kappa shape index (κ2) is 7.14. The van der Waals surface area contributed by atoms with Crippen molar-refractivity contribution in [3.05, 3.63) is 58.1 Å². The molecule has 140 valence electrons. The lowest BCUT2D eigenvalue weighted by Gasteiger charge is -2.19. The molecule has 0 saturated heterocycles. The third-order valence-electron chi connectivity index (χ3n) is 5.39. The second-order valence-corrected chi connectivity index (χ2v) is 7.87. The average Bonchev–Trinajstić information content (AvgIpc) is 3.02. The largest absolute Gasteiger partial charge is 0.268 e. The van der Waals surface area contributed by atoms with Crippen LogP contribution in [-0.2, 0) is 0 Å². The number of hydrogen-bond donors (Lipinski definition) is 0. The topological polar surface area (TPSA) is 52.2 Å². The molecule has 0 bridgehead atoms. The Morgan fingerprint density at radius 1 is 1.11 bits per heavy atom. The zero-order valence-corrected chi connectivity index (χ0v) is 16.2. The molecular formula is C22H26N4O. The Labute approximate surface area is 159 Å². The molecule has 5 heteroatoms. The summed E-state index contributed by atoms with van der Waals surface area (Å²) in [6, 6.07) is 9.48. The van der Waals surface area contributed by atoms with Crippen molar-refractivity contribution in [3.63, 3.8) is 0 Å². The van der Waals surface area contributed by atoms with Crippen LogP contribution in [0.3, 0.4) is 0 Å². The molecule has 27 heavy (non-hydrogen) atoms. The van der Waals surface area contributed by atoms with Gasteiger partial charge in [0.1, 0.15) is 0 Å². The number of pyridine rings is 1. The summed E-state index contributed by atoms with van der Waals surface area (Å²) in [4.78, 5) is 12.1. The smallest absolute Gasteiger partial charge is 0.267 e. The fourth-order valence-corrected chi connectivity index (χ4v) is 3.78. The van der Waals surface area contributed by atoms with E-state index >= 15 is 0 Å². The summed E-state index contributed by atoms with van der Waals surface area (Å²) in [5.41, 5.74) is 5.11. The number of allylic oxidation sites excluding steroid dienone is 1. The molecule has 1 aliphatic rings. The highest BCUT2D eigenvalue weighted by Crippen LogP contribution is 2.33. The summed E-state index contributed by atoms with van der Waals surface area (Å²) < 4.78 is 3.45. The first-order chi connectivity index (χ1) is 13.0. The molecule has 0 radical (unpaired) electrons. The molecule has 3 aromatic rings. The summed E-state index contributed by atoms with van der Waals surface area (Å²) in [5.74, 6) is 0.805. The highest BCUT2D eigenvalue weighted by atomic mass is 16.1. The predicted molar refractivity (Wildman–Crippen MR) is 109 cm³/mol. The van der Waals surface area contributed by atoms with Gasteiger partial charge in [0.2, 0.25) is 0 Å². The average molecular weight is 362 g/mol. The van der Waals surface area contributed by atoms with Crippen molar-refractivity contribution in [1.82, 2.24) is 19.4 Å². The van der Waals surface area contributed by atoms with Crippen LogP contribution in [0, 0.1) is 5.92 Å². The van der Waals surface area contributed by atoms with E-state index in [-0.39, 0.29) is 11.6 Å². The third kappa shape index (κ3) is 3.46. The fraction of sp³-hybridized carbons (Fsp3) is 0.409. The number of rotatable bonds is 3. The van der Waals surface area contributed by atoms with E-state index in [4.69, 9.17) is 5.10 Å². The highest BCUT2D eigenvalue weighted by Gasteiger charge is 2.18. The van der Waals surface area contributed by atoms with Gasteiger partial charge in [-0.25, -0.2) is 9.20 Å². The van der Waals surface area contributed by atoms with Gasteiger partial charge in [0.15, 0.2) is 0 Å². The van der Waals surface area contributed by atoms with E-state index in [9.17, 15) is 4.79 Å². The van der Waals surface area contributed by atoms with Gasteiger partial charge in [0, 0.05) is 12.3 Å². The Kier molecular flexibility index (Phi) is 4.68. The van der Waals surface area contributed by atoms with Gasteiger partial charge < -0.3 is 0 Å². The van der Waals surface area contributed by atoms with Crippen LogP contribution >= 0.6 is 0 Å². The van der Waals surface area contributed by atoms with Gasteiger partial charge >= 0.3 is 0 Å². The molecule has 3 aromatic heterocycles. The zero-order valence-electron chi connectivity index (χ0n) is 16.2. The van der Waals surface area contributed by atoms with Gasteiger partial charge in [-0.1, -0.05) is 18.6 Å². The van der Waals surface area contributed by atoms with Gasteiger partial charge in [-0.15, -0.1) is 0 Å². The normalized spacial score (nSPS) is 17.6. The van der Waals surface area contributed by atoms with E-state index < -0.39 is 0 Å². The molecule has 1 saturated carbocycles. The lowest BCUT2D eigenvalue weighted by atomic mass is 9.86. The fourth-order valence-electron chi connectivity index (χ4n) is 3.78. The van der Waals surface area contributed by atoms with E-state index in [1.165, 1.54) is 18.4 Å². The Balaban J connectivity index is 1.88. The van der Waals surface area contributed by atoms with Crippen LogP contribution in [0.25, 0.3) is 22.9 Å². The van der Waals surface area contributed by atoms with Crippen LogP contribution in [0.4, 0.5) is 0 Å². The minimum atomic E-state index is -0.0774. The zero-order chi connectivity index (χ0) is 19.0. The van der Waals surface area contributed by atoms with Gasteiger partial charge in [-0.05, 0) is 69.7 Å². The van der Waals surface area contributed by atoms with Gasteiger partial charge in [-0.2, -0.15) is 10.2 Å². The predicted octanol–water partition coefficient (Wildman–Crippen LogP) is 4.73. The molecule has 0 atom stereocenters. The Hall–Kier alpha value is -2.69. The highest BCUT2D eigenvalue weighted by molar-refractivity contribution is 5.85. The van der Waals surface area contributed by atoms with E-state index in [1.807, 2.05) is 42.8 Å². The van der Waals surface area contributed by atoms with Crippen LogP contribution in [-0.4, -0.2) is 19.4 Å². The monoisotopic (exact) mass is 362 g/mol. The molecular weight excluding hydrogens is 336 g/mol. The van der Waals surface area contributed by atoms with Crippen LogP contribution in [0.15, 0.2) is 46.9 Å². The number of nitrogens with zero attached hydrogens (tertiary/aromatic N) is 4. The molecule has 0 spiro atoms. The molecule has 0 amide bonds. The van der Waals surface area contributed by atoms with Crippen molar-refractivity contribution in [2.75, 3.05) is 0 Å². The Morgan fingerprint density at radius 3 is 2.63 bits per heavy atom. The summed E-state index contributed by atoms with van der Waals surface area (Å²) in [7, 11) is 0. The maximum Gasteiger partial charge on any atom is 0.267 e. The summed E-state index contributed by atoms with van der Waals surface area (Å²) in [6.45, 7) is 6.27. The van der Waals surface area contributed by atoms with Crippen LogP contribution in [0.2, 0.25) is 0 Å². The molecule has 0 aromatic carbocycles. The molecule has 0 N–H and O–H groups in total. The van der Waals surface area contributed by atoms with E-state index in [2.05, 4.69) is 24.2 Å². The number of fused-ring (bicyclic) bond motifs is 1. The van der Waals surface area contributed by atoms with E-state index in [1.54, 1.807) is 10.7 Å². The molecule has 1 fully saturated rings. The minimum Gasteiger partial charge on any atom is -0.268 e. The van der Waals surface area contributed by atoms with Gasteiger partial charge in [0.05, 0.1) is 28.5 Å². The van der Waals surface area contributed by atoms with Crippen molar-refractivity contribution in [1.29, 1.82) is 0 Å². The van der Waals surface area contributed by atoms with Gasteiger partial charge in [-0.3, -0.25) is 4.79 Å². The summed E-state index contributed by atoms with van der Waals surface area (Å²) >= 11 is 0. The maximum absolute atomic E-state index is 12.1. The number of aromatic nitrogens is 4. The van der Waals surface area contributed by atoms with E-state index in [0.29, 0.717) is 0 Å². The SMILES string of the molecule is CC1CCC(=Cc2nn3ccccc3c2-c2ccc(=O)n(C(C)C)n2)CC1. The molecule has 1 aliphatic carbocycles. The Morgan fingerprint density at radius 2 is 1.89 bits per heavy atom. The van der Waals surface area contributed by atoms with Crippen molar-refractivity contribution in [2.45, 2.75) is 52.5 Å². The summed E-state index contributed by atoms with van der Waals surface area (Å²) in [6.07, 6.45) is 8.94. The van der Waals surface area contributed by atoms with Crippen LogP contribution in [0.1, 0.15) is 58.2 Å². The quantitative estimate of drug-likeness (QED) is 0.677. The molecule has 5 nitrogen and oxygen atoms in total. The first-order valence-electron chi connectivity index (χ1n) is 9.80. The number of hydrogen-bond acceptors (Lipinski definition) is 3. The van der Waals surface area contributed by atoms with E-state index in [0.717, 1.165) is 41.2 Å². The summed E-state index contributed by atoms with van der Waals surface area (Å²) in [5, 5.41) is 9.46. The standard InChI is InChI=1S/C22H26N4O/c1-15(2)26-21(27)12-11-18(24-26)22-19(14-17-9-7-16(3)8-10-17)23-25-13-5-4-6-20(22)25/h4-6,11-16H,7-10H2,1-3H3. The van der Waals surface area contributed by atoms with Crippen molar-refractivity contribution in [2.24, 2.45) is 5.92 Å². The molecule has 3 heterocycles. The second-order valence-electron chi connectivity index (χ2n) is 7.87. The lowest BCUT2D eigenvalue weighted by Crippen LogP contribution is -2.23. The molecule has 4 rings (SSSR count). The first-order valence-corrected chi connectivity index (χ1v) is 9.80. The molecule has 0 aliphatic heterocycles. The first kappa shape index (κ1) is 17.7. The molecule has 0 unspecified atom stereocenters. The van der Waals surface area contributed by atoms with Crippen molar-refractivity contribution < 1.29 is 0 Å². The van der Waals surface area contributed by atoms with Crippen LogP contribution < -0.4 is 5.56 Å². The van der Waals surface area contributed by atoms with Crippen LogP contribution in [0.5, 0.6) is 0 Å². The van der Waals surface area contributed by atoms with Gasteiger partial charge in [0.25, 0.3) is 5.56 Å². The van der Waals surface area contributed by atoms with Crippen molar-refractivity contribution >= 4 is 11.6 Å². The maximum atomic E-state index is 12.1. The lowest BCUT2D eigenvalue weighted by molar-refractivity contribution is 0.446. The minimum absolute atomic E-state index is 0.0147. The van der Waals surface area contributed by atoms with Crippen molar-refractivity contribution in [3.8, 4) is 11.3 Å². The third-order valence-corrected chi connectivity index (χ3v) is 5.39. The Bertz CT molecular complexity index is 1050.